The van der Waals surface area contributed by atoms with Crippen molar-refractivity contribution in [2.75, 3.05) is 20.2 Å². The maximum atomic E-state index is 12.6. The van der Waals surface area contributed by atoms with Crippen LogP contribution in [0.4, 0.5) is 0 Å². The number of pyridine rings is 1. The fraction of sp³-hybridized carbons (Fsp3) is 0.400. The molecule has 4 heteroatoms. The third-order valence-corrected chi connectivity index (χ3v) is 4.69. The van der Waals surface area contributed by atoms with Gasteiger partial charge in [-0.25, -0.2) is 0 Å². The third-order valence-electron chi connectivity index (χ3n) is 4.69. The second-order valence-corrected chi connectivity index (χ2v) is 6.39. The van der Waals surface area contributed by atoms with Crippen LogP contribution >= 0.6 is 0 Å². The minimum atomic E-state index is 0.106. The first-order valence-electron chi connectivity index (χ1n) is 8.58. The fourth-order valence-corrected chi connectivity index (χ4v) is 3.36. The number of rotatable bonds is 5. The highest BCUT2D eigenvalue weighted by atomic mass is 16.5. The van der Waals surface area contributed by atoms with E-state index in [2.05, 4.69) is 17.1 Å². The van der Waals surface area contributed by atoms with Crippen molar-refractivity contribution in [3.05, 3.63) is 59.9 Å². The van der Waals surface area contributed by atoms with Crippen LogP contribution in [0.1, 0.15) is 35.2 Å². The number of likely N-dealkylation sites (tertiary alicyclic amines) is 1. The normalized spacial score (nSPS) is 17.5. The predicted octanol–water partition coefficient (Wildman–Crippen LogP) is 3.58. The summed E-state index contributed by atoms with van der Waals surface area (Å²) in [6, 6.07) is 11.9. The summed E-state index contributed by atoms with van der Waals surface area (Å²) in [6.07, 6.45) is 7.75. The third kappa shape index (κ3) is 4.13. The standard InChI is InChI=1S/C20H24N2O2/c1-24-19-8-2-5-16(13-19)9-10-17-6-4-12-22(15-17)20(23)18-7-3-11-21-14-18/h2-3,5,7-8,11,13-14,17H,4,6,9-10,12,15H2,1H3. The van der Waals surface area contributed by atoms with Crippen molar-refractivity contribution < 1.29 is 9.53 Å². The number of aromatic nitrogens is 1. The zero-order valence-corrected chi connectivity index (χ0v) is 14.1. The quantitative estimate of drug-likeness (QED) is 0.844. The summed E-state index contributed by atoms with van der Waals surface area (Å²) in [5.41, 5.74) is 1.98. The molecule has 0 N–H and O–H groups in total. The van der Waals surface area contributed by atoms with E-state index in [1.54, 1.807) is 19.5 Å². The molecule has 0 aliphatic carbocycles. The summed E-state index contributed by atoms with van der Waals surface area (Å²) in [4.78, 5) is 18.6. The molecule has 2 aromatic rings. The van der Waals surface area contributed by atoms with Gasteiger partial charge >= 0.3 is 0 Å². The molecule has 0 bridgehead atoms. The predicted molar refractivity (Wildman–Crippen MR) is 94.2 cm³/mol. The van der Waals surface area contributed by atoms with Gasteiger partial charge in [-0.2, -0.15) is 0 Å². The largest absolute Gasteiger partial charge is 0.497 e. The van der Waals surface area contributed by atoms with Gasteiger partial charge in [0.25, 0.3) is 5.91 Å². The lowest BCUT2D eigenvalue weighted by Crippen LogP contribution is -2.40. The van der Waals surface area contributed by atoms with E-state index >= 15 is 0 Å². The highest BCUT2D eigenvalue weighted by Gasteiger charge is 2.24. The monoisotopic (exact) mass is 324 g/mol. The molecule has 1 aliphatic rings. The average molecular weight is 324 g/mol. The molecule has 1 aromatic heterocycles. The van der Waals surface area contributed by atoms with Gasteiger partial charge in [0.2, 0.25) is 0 Å². The number of nitrogens with zero attached hydrogens (tertiary/aromatic N) is 2. The molecule has 1 saturated heterocycles. The molecule has 126 valence electrons. The van der Waals surface area contributed by atoms with E-state index in [1.807, 2.05) is 29.2 Å². The number of benzene rings is 1. The van der Waals surface area contributed by atoms with Gasteiger partial charge in [0, 0.05) is 25.5 Å². The van der Waals surface area contributed by atoms with Crippen molar-refractivity contribution in [1.29, 1.82) is 0 Å². The number of methoxy groups -OCH3 is 1. The first kappa shape index (κ1) is 16.5. The lowest BCUT2D eigenvalue weighted by atomic mass is 9.91. The van der Waals surface area contributed by atoms with E-state index in [-0.39, 0.29) is 5.91 Å². The topological polar surface area (TPSA) is 42.4 Å². The first-order valence-corrected chi connectivity index (χ1v) is 8.58. The number of hydrogen-bond donors (Lipinski definition) is 0. The summed E-state index contributed by atoms with van der Waals surface area (Å²) in [7, 11) is 1.70. The van der Waals surface area contributed by atoms with E-state index in [0.29, 0.717) is 11.5 Å². The first-order chi connectivity index (χ1) is 11.8. The molecule has 24 heavy (non-hydrogen) atoms. The van der Waals surface area contributed by atoms with Crippen LogP contribution in [-0.4, -0.2) is 36.0 Å². The second kappa shape index (κ2) is 7.95. The van der Waals surface area contributed by atoms with Crippen molar-refractivity contribution in [2.24, 2.45) is 5.92 Å². The van der Waals surface area contributed by atoms with Crippen LogP contribution in [0, 0.1) is 5.92 Å². The number of ether oxygens (including phenoxy) is 1. The lowest BCUT2D eigenvalue weighted by molar-refractivity contribution is 0.0668. The van der Waals surface area contributed by atoms with E-state index in [0.717, 1.165) is 38.1 Å². The highest BCUT2D eigenvalue weighted by Crippen LogP contribution is 2.24. The van der Waals surface area contributed by atoms with Gasteiger partial charge in [0.05, 0.1) is 12.7 Å². The van der Waals surface area contributed by atoms with Gasteiger partial charge in [-0.1, -0.05) is 12.1 Å². The molecule has 1 unspecified atom stereocenters. The Kier molecular flexibility index (Phi) is 5.47. The zero-order valence-electron chi connectivity index (χ0n) is 14.1. The summed E-state index contributed by atoms with van der Waals surface area (Å²) in [6.45, 7) is 1.70. The van der Waals surface area contributed by atoms with Gasteiger partial charge in [-0.15, -0.1) is 0 Å². The van der Waals surface area contributed by atoms with Crippen molar-refractivity contribution in [2.45, 2.75) is 25.7 Å². The van der Waals surface area contributed by atoms with Crippen molar-refractivity contribution in [3.63, 3.8) is 0 Å². The molecule has 1 amide bonds. The van der Waals surface area contributed by atoms with Gasteiger partial charge in [-0.05, 0) is 61.4 Å². The number of piperidine rings is 1. The van der Waals surface area contributed by atoms with Crippen LogP contribution in [0.15, 0.2) is 48.8 Å². The van der Waals surface area contributed by atoms with Gasteiger partial charge in [0.1, 0.15) is 5.75 Å². The lowest BCUT2D eigenvalue weighted by Gasteiger charge is -2.33. The molecule has 1 fully saturated rings. The Bertz CT molecular complexity index is 672. The molecule has 0 spiro atoms. The minimum absolute atomic E-state index is 0.106. The Labute approximate surface area is 143 Å². The van der Waals surface area contributed by atoms with Crippen LogP contribution in [0.25, 0.3) is 0 Å². The van der Waals surface area contributed by atoms with Crippen LogP contribution in [0.3, 0.4) is 0 Å². The molecule has 3 rings (SSSR count). The van der Waals surface area contributed by atoms with E-state index < -0.39 is 0 Å². The Morgan fingerprint density at radius 3 is 3.04 bits per heavy atom. The fourth-order valence-electron chi connectivity index (χ4n) is 3.36. The van der Waals surface area contributed by atoms with Crippen LogP contribution in [-0.2, 0) is 6.42 Å². The van der Waals surface area contributed by atoms with Gasteiger partial charge < -0.3 is 9.64 Å². The van der Waals surface area contributed by atoms with Gasteiger partial charge in [0.15, 0.2) is 0 Å². The molecule has 0 radical (unpaired) electrons. The maximum Gasteiger partial charge on any atom is 0.255 e. The molecular formula is C20H24N2O2. The van der Waals surface area contributed by atoms with Crippen molar-refractivity contribution in [3.8, 4) is 5.75 Å². The second-order valence-electron chi connectivity index (χ2n) is 6.39. The SMILES string of the molecule is COc1cccc(CCC2CCCN(C(=O)c3cccnc3)C2)c1. The van der Waals surface area contributed by atoms with Crippen LogP contribution in [0.5, 0.6) is 5.75 Å². The molecular weight excluding hydrogens is 300 g/mol. The Morgan fingerprint density at radius 1 is 1.33 bits per heavy atom. The Morgan fingerprint density at radius 2 is 2.25 bits per heavy atom. The molecule has 1 aliphatic heterocycles. The van der Waals surface area contributed by atoms with E-state index in [9.17, 15) is 4.79 Å². The highest BCUT2D eigenvalue weighted by molar-refractivity contribution is 5.93. The number of carbonyl (C=O) groups excluding carboxylic acids is 1. The minimum Gasteiger partial charge on any atom is -0.497 e. The van der Waals surface area contributed by atoms with Crippen molar-refractivity contribution >= 4 is 5.91 Å². The Balaban J connectivity index is 1.56. The number of hydrogen-bond acceptors (Lipinski definition) is 3. The number of carbonyl (C=O) groups is 1. The molecule has 0 saturated carbocycles. The smallest absolute Gasteiger partial charge is 0.255 e. The van der Waals surface area contributed by atoms with E-state index in [4.69, 9.17) is 4.74 Å². The number of aryl methyl sites for hydroxylation is 1. The summed E-state index contributed by atoms with van der Waals surface area (Å²) < 4.78 is 5.29. The van der Waals surface area contributed by atoms with Crippen molar-refractivity contribution in [1.82, 2.24) is 9.88 Å². The van der Waals surface area contributed by atoms with Crippen LogP contribution < -0.4 is 4.74 Å². The average Bonchev–Trinajstić information content (AvgIpc) is 2.67. The molecule has 1 atom stereocenters. The number of amides is 1. The molecule has 2 heterocycles. The summed E-state index contributed by atoms with van der Waals surface area (Å²) >= 11 is 0. The summed E-state index contributed by atoms with van der Waals surface area (Å²) in [5.74, 6) is 1.57. The Hall–Kier alpha value is -2.36. The van der Waals surface area contributed by atoms with E-state index in [1.165, 1.54) is 12.0 Å². The maximum absolute atomic E-state index is 12.6. The summed E-state index contributed by atoms with van der Waals surface area (Å²) in [5, 5.41) is 0. The molecule has 1 aromatic carbocycles. The zero-order chi connectivity index (χ0) is 16.8. The van der Waals surface area contributed by atoms with Crippen LogP contribution in [0.2, 0.25) is 0 Å². The van der Waals surface area contributed by atoms with Gasteiger partial charge in [-0.3, -0.25) is 9.78 Å². The molecule has 4 nitrogen and oxygen atoms in total.